The Kier molecular flexibility index (Phi) is 5.39. The van der Waals surface area contributed by atoms with Gasteiger partial charge < -0.3 is 15.2 Å². The number of aryl methyl sites for hydroxylation is 1. The van der Waals surface area contributed by atoms with Crippen LogP contribution in [0.5, 0.6) is 5.75 Å². The number of carbonyl (C=O) groups excluding carboxylic acids is 1. The molecular weight excluding hydrogens is 267 g/mol. The highest BCUT2D eigenvalue weighted by Gasteiger charge is 2.27. The molecule has 110 valence electrons. The number of hydrogen-bond donors (Lipinski definition) is 3. The van der Waals surface area contributed by atoms with Gasteiger partial charge >= 0.3 is 6.03 Å². The molecule has 0 aliphatic heterocycles. The lowest BCUT2D eigenvalue weighted by Gasteiger charge is -2.14. The summed E-state index contributed by atoms with van der Waals surface area (Å²) in [6.07, 6.45) is -0.740. The Labute approximate surface area is 115 Å². The monoisotopic (exact) mass is 285 g/mol. The molecule has 1 rings (SSSR count). The number of nitrogens with one attached hydrogen (secondary N) is 1. The van der Waals surface area contributed by atoms with Gasteiger partial charge in [0.1, 0.15) is 12.4 Å². The van der Waals surface area contributed by atoms with Crippen molar-refractivity contribution in [1.29, 1.82) is 0 Å². The third kappa shape index (κ3) is 3.64. The summed E-state index contributed by atoms with van der Waals surface area (Å²) < 4.78 is 18.9. The van der Waals surface area contributed by atoms with Crippen molar-refractivity contribution in [1.82, 2.24) is 5.32 Å². The Morgan fingerprint density at radius 3 is 2.80 bits per heavy atom. The number of aliphatic hydroxyl groups excluding tert-OH is 1. The first-order valence-electron chi connectivity index (χ1n) is 5.94. The molecule has 0 aromatic heterocycles. The fourth-order valence-corrected chi connectivity index (χ4v) is 1.47. The molecule has 0 spiro atoms. The van der Waals surface area contributed by atoms with Crippen molar-refractivity contribution in [2.24, 2.45) is 5.22 Å². The number of nitrogens with two attached hydrogens (primary N) is 1. The number of anilines is 1. The summed E-state index contributed by atoms with van der Waals surface area (Å²) in [5, 5.41) is 15.8. The lowest BCUT2D eigenvalue weighted by atomic mass is 10.2. The summed E-state index contributed by atoms with van der Waals surface area (Å²) >= 11 is 0. The number of hydrogen-bond acceptors (Lipinski definition) is 4. The van der Waals surface area contributed by atoms with Crippen LogP contribution in [0.1, 0.15) is 12.5 Å². The van der Waals surface area contributed by atoms with Crippen LogP contribution in [0.3, 0.4) is 0 Å². The van der Waals surface area contributed by atoms with Crippen LogP contribution in [-0.2, 0) is 0 Å². The number of ether oxygens (including phenoxy) is 1. The maximum absolute atomic E-state index is 13.6. The lowest BCUT2D eigenvalue weighted by Crippen LogP contribution is -2.41. The average molecular weight is 285 g/mol. The van der Waals surface area contributed by atoms with Crippen LogP contribution >= 0.6 is 0 Å². The van der Waals surface area contributed by atoms with Crippen molar-refractivity contribution in [3.63, 3.8) is 0 Å². The first-order chi connectivity index (χ1) is 9.40. The number of aliphatic hydroxyl groups is 1. The SMILES string of the molecule is CNC(=O)N(N=[NH2+])c1cc(C)c(F)cc1OCC(C)O. The number of benzene rings is 1. The Hall–Kier alpha value is -2.22. The number of carbonyl (C=O) groups is 1. The maximum Gasteiger partial charge on any atom is 0.434 e. The van der Waals surface area contributed by atoms with Gasteiger partial charge in [-0.15, -0.1) is 0 Å². The van der Waals surface area contributed by atoms with Crippen LogP contribution in [-0.4, -0.2) is 30.9 Å². The summed E-state index contributed by atoms with van der Waals surface area (Å²) in [6.45, 7) is 3.01. The molecule has 8 heteroatoms. The number of urea groups is 1. The zero-order chi connectivity index (χ0) is 15.3. The van der Waals surface area contributed by atoms with E-state index in [0.717, 1.165) is 11.1 Å². The van der Waals surface area contributed by atoms with Crippen molar-refractivity contribution in [3.8, 4) is 5.75 Å². The van der Waals surface area contributed by atoms with Crippen molar-refractivity contribution in [2.45, 2.75) is 20.0 Å². The van der Waals surface area contributed by atoms with Crippen molar-refractivity contribution >= 4 is 11.7 Å². The molecule has 1 unspecified atom stereocenters. The third-order valence-electron chi connectivity index (χ3n) is 2.47. The minimum Gasteiger partial charge on any atom is -0.486 e. The topological polar surface area (TPSA) is 99.8 Å². The van der Waals surface area contributed by atoms with Gasteiger partial charge in [-0.1, -0.05) is 0 Å². The van der Waals surface area contributed by atoms with Gasteiger partial charge in [0.25, 0.3) is 0 Å². The van der Waals surface area contributed by atoms with Crippen molar-refractivity contribution in [2.75, 3.05) is 18.7 Å². The minimum absolute atomic E-state index is 0.0539. The van der Waals surface area contributed by atoms with Gasteiger partial charge in [-0.05, 0) is 30.5 Å². The highest BCUT2D eigenvalue weighted by atomic mass is 19.1. The van der Waals surface area contributed by atoms with Gasteiger partial charge in [0.2, 0.25) is 5.69 Å². The molecule has 0 heterocycles. The quantitative estimate of drug-likeness (QED) is 0.531. The molecule has 1 aromatic rings. The Morgan fingerprint density at radius 1 is 1.65 bits per heavy atom. The second kappa shape index (κ2) is 6.80. The Morgan fingerprint density at radius 2 is 2.30 bits per heavy atom. The normalized spacial score (nSPS) is 11.7. The molecule has 0 aliphatic rings. The van der Waals surface area contributed by atoms with E-state index in [0.29, 0.717) is 5.56 Å². The molecule has 1 atom stereocenters. The molecule has 4 N–H and O–H groups in total. The zero-order valence-corrected chi connectivity index (χ0v) is 11.6. The van der Waals surface area contributed by atoms with Gasteiger partial charge in [0.15, 0.2) is 5.75 Å². The highest BCUT2D eigenvalue weighted by molar-refractivity contribution is 5.92. The maximum atomic E-state index is 13.6. The number of rotatable bonds is 5. The van der Waals surface area contributed by atoms with E-state index < -0.39 is 18.0 Å². The third-order valence-corrected chi connectivity index (χ3v) is 2.47. The summed E-state index contributed by atoms with van der Waals surface area (Å²) in [7, 11) is 1.41. The highest BCUT2D eigenvalue weighted by Crippen LogP contribution is 2.31. The van der Waals surface area contributed by atoms with E-state index in [1.165, 1.54) is 27.0 Å². The smallest absolute Gasteiger partial charge is 0.434 e. The standard InChI is InChI=1S/C12H17FN4O3/c1-7-4-10(17(16-14)12(19)15-3)11(5-9(7)13)20-6-8(2)18/h4-5,8,14,18H,6H2,1-3H3,(H,15,19)/p+1. The first kappa shape index (κ1) is 15.8. The van der Waals surface area contributed by atoms with E-state index in [1.807, 2.05) is 0 Å². The van der Waals surface area contributed by atoms with Crippen molar-refractivity contribution < 1.29 is 24.6 Å². The molecule has 0 aliphatic carbocycles. The van der Waals surface area contributed by atoms with E-state index in [9.17, 15) is 14.3 Å². The molecule has 0 fully saturated rings. The second-order valence-electron chi connectivity index (χ2n) is 4.21. The summed E-state index contributed by atoms with van der Waals surface area (Å²) in [5.74, 6) is -0.435. The zero-order valence-electron chi connectivity index (χ0n) is 11.6. The van der Waals surface area contributed by atoms with E-state index in [1.54, 1.807) is 0 Å². The summed E-state index contributed by atoms with van der Waals surface area (Å²) in [6, 6.07) is 1.91. The van der Waals surface area contributed by atoms with Crippen LogP contribution in [0.2, 0.25) is 0 Å². The summed E-state index contributed by atoms with van der Waals surface area (Å²) in [4.78, 5) is 11.7. The fourth-order valence-electron chi connectivity index (χ4n) is 1.47. The second-order valence-corrected chi connectivity index (χ2v) is 4.21. The van der Waals surface area contributed by atoms with Crippen LogP contribution in [0, 0.1) is 12.7 Å². The predicted molar refractivity (Wildman–Crippen MR) is 69.6 cm³/mol. The number of nitrogens with zero attached hydrogens (tertiary/aromatic N) is 2. The van der Waals surface area contributed by atoms with Crippen LogP contribution in [0.4, 0.5) is 14.9 Å². The van der Waals surface area contributed by atoms with Crippen LogP contribution in [0.15, 0.2) is 17.4 Å². The van der Waals surface area contributed by atoms with E-state index in [4.69, 9.17) is 10.3 Å². The van der Waals surface area contributed by atoms with E-state index in [2.05, 4.69) is 10.5 Å². The molecule has 2 amide bonds. The number of amides is 2. The van der Waals surface area contributed by atoms with Crippen molar-refractivity contribution in [3.05, 3.63) is 23.5 Å². The van der Waals surface area contributed by atoms with Gasteiger partial charge in [0.05, 0.1) is 11.3 Å². The van der Waals surface area contributed by atoms with E-state index >= 15 is 0 Å². The molecule has 7 nitrogen and oxygen atoms in total. The Balaban J connectivity index is 3.23. The van der Waals surface area contributed by atoms with Crippen LogP contribution in [0.25, 0.3) is 0 Å². The minimum atomic E-state index is -0.740. The molecule has 20 heavy (non-hydrogen) atoms. The lowest BCUT2D eigenvalue weighted by molar-refractivity contribution is -0.222. The molecule has 0 saturated carbocycles. The molecule has 0 saturated heterocycles. The molecule has 0 bridgehead atoms. The van der Waals surface area contributed by atoms with Gasteiger partial charge in [-0.3, -0.25) is 0 Å². The molecule has 1 aromatic carbocycles. The van der Waals surface area contributed by atoms with E-state index in [-0.39, 0.29) is 18.0 Å². The van der Waals surface area contributed by atoms with Gasteiger partial charge in [0, 0.05) is 13.1 Å². The summed E-state index contributed by atoms with van der Waals surface area (Å²) in [5.41, 5.74) is 5.68. The predicted octanol–water partition coefficient (Wildman–Crippen LogP) is 0.166. The average Bonchev–Trinajstić information content (AvgIpc) is 2.41. The van der Waals surface area contributed by atoms with Gasteiger partial charge in [-0.2, -0.15) is 5.53 Å². The molecule has 0 radical (unpaired) electrons. The largest absolute Gasteiger partial charge is 0.486 e. The van der Waals surface area contributed by atoms with Crippen LogP contribution < -0.4 is 20.6 Å². The number of halogens is 1. The molecular formula is C12H18FN4O3+. The first-order valence-corrected chi connectivity index (χ1v) is 5.94. The fraction of sp³-hybridized carbons (Fsp3) is 0.417. The Bertz CT molecular complexity index is 508. The van der Waals surface area contributed by atoms with Gasteiger partial charge in [-0.25, -0.2) is 9.18 Å².